The molecule has 22 heavy (non-hydrogen) atoms. The molecule has 0 aromatic rings. The van der Waals surface area contributed by atoms with E-state index in [0.717, 1.165) is 44.9 Å². The van der Waals surface area contributed by atoms with Crippen LogP contribution in [0.5, 0.6) is 0 Å². The molecule has 0 spiro atoms. The third-order valence-electron chi connectivity index (χ3n) is 3.73. The van der Waals surface area contributed by atoms with Crippen LogP contribution in [0.3, 0.4) is 0 Å². The monoisotopic (exact) mass is 310 g/mol. The zero-order valence-corrected chi connectivity index (χ0v) is 14.4. The van der Waals surface area contributed by atoms with E-state index in [2.05, 4.69) is 31.2 Å². The summed E-state index contributed by atoms with van der Waals surface area (Å²) in [5.74, 6) is -0.688. The number of carbonyl (C=O) groups is 1. The van der Waals surface area contributed by atoms with E-state index in [4.69, 9.17) is 9.84 Å². The maximum absolute atomic E-state index is 10.4. The number of hydrogen-bond acceptors (Lipinski definition) is 2. The van der Waals surface area contributed by atoms with Crippen LogP contribution in [0, 0.1) is 0 Å². The van der Waals surface area contributed by atoms with Crippen molar-refractivity contribution in [3.8, 4) is 0 Å². The van der Waals surface area contributed by atoms with E-state index < -0.39 is 5.97 Å². The molecule has 0 aromatic carbocycles. The topological polar surface area (TPSA) is 46.5 Å². The lowest BCUT2D eigenvalue weighted by Gasteiger charge is -2.10. The first-order valence-corrected chi connectivity index (χ1v) is 8.78. The quantitative estimate of drug-likeness (QED) is 0.320. The van der Waals surface area contributed by atoms with E-state index in [-0.39, 0.29) is 6.10 Å². The van der Waals surface area contributed by atoms with Gasteiger partial charge in [-0.05, 0) is 25.7 Å². The molecule has 0 saturated heterocycles. The molecule has 0 unspecified atom stereocenters. The number of hydrogen-bond donors (Lipinski definition) is 1. The average Bonchev–Trinajstić information content (AvgIpc) is 2.50. The number of aliphatic carboxylic acids is 1. The minimum Gasteiger partial charge on any atom is -0.481 e. The molecule has 3 heteroatoms. The van der Waals surface area contributed by atoms with Gasteiger partial charge in [-0.15, -0.1) is 0 Å². The highest BCUT2D eigenvalue weighted by atomic mass is 16.5. The average molecular weight is 310 g/mol. The van der Waals surface area contributed by atoms with Gasteiger partial charge in [0.2, 0.25) is 0 Å². The lowest BCUT2D eigenvalue weighted by molar-refractivity contribution is -0.137. The molecule has 3 nitrogen and oxygen atoms in total. The SMILES string of the molecule is CCCCC/C=C\C=C\[C@@H](CCCCCCCC(=O)O)OC. The Balaban J connectivity index is 3.59. The van der Waals surface area contributed by atoms with Gasteiger partial charge in [-0.25, -0.2) is 0 Å². The van der Waals surface area contributed by atoms with E-state index in [1.165, 1.54) is 19.3 Å². The molecule has 128 valence electrons. The van der Waals surface area contributed by atoms with Crippen LogP contribution in [-0.2, 0) is 9.53 Å². The predicted octanol–water partition coefficient (Wildman–Crippen LogP) is 5.51. The van der Waals surface area contributed by atoms with E-state index in [1.54, 1.807) is 7.11 Å². The van der Waals surface area contributed by atoms with E-state index in [0.29, 0.717) is 6.42 Å². The van der Waals surface area contributed by atoms with Gasteiger partial charge in [-0.1, -0.05) is 69.8 Å². The maximum Gasteiger partial charge on any atom is 0.303 e. The van der Waals surface area contributed by atoms with Crippen LogP contribution in [0.25, 0.3) is 0 Å². The minimum atomic E-state index is -0.688. The highest BCUT2D eigenvalue weighted by molar-refractivity contribution is 5.66. The Morgan fingerprint density at radius 3 is 2.45 bits per heavy atom. The molecule has 0 fully saturated rings. The number of allylic oxidation sites excluding steroid dienone is 3. The molecule has 0 rings (SSSR count). The Morgan fingerprint density at radius 1 is 1.05 bits per heavy atom. The number of unbranched alkanes of at least 4 members (excludes halogenated alkanes) is 7. The fourth-order valence-corrected chi connectivity index (χ4v) is 2.32. The Kier molecular flexibility index (Phi) is 15.5. The van der Waals surface area contributed by atoms with E-state index >= 15 is 0 Å². The maximum atomic E-state index is 10.4. The van der Waals surface area contributed by atoms with Gasteiger partial charge in [-0.2, -0.15) is 0 Å². The van der Waals surface area contributed by atoms with E-state index in [1.807, 2.05) is 0 Å². The Hall–Kier alpha value is -1.09. The molecular formula is C19H34O3. The summed E-state index contributed by atoms with van der Waals surface area (Å²) in [4.78, 5) is 10.4. The molecule has 0 aromatic heterocycles. The Morgan fingerprint density at radius 2 is 1.77 bits per heavy atom. The normalized spacial score (nSPS) is 13.2. The molecule has 1 atom stereocenters. The largest absolute Gasteiger partial charge is 0.481 e. The van der Waals surface area contributed by atoms with Crippen LogP contribution in [0.1, 0.15) is 77.6 Å². The second-order valence-electron chi connectivity index (χ2n) is 5.78. The second kappa shape index (κ2) is 16.3. The molecule has 0 aliphatic heterocycles. The molecule has 1 N–H and O–H groups in total. The molecular weight excluding hydrogens is 276 g/mol. The van der Waals surface area contributed by atoms with Crippen molar-refractivity contribution in [1.82, 2.24) is 0 Å². The summed E-state index contributed by atoms with van der Waals surface area (Å²) in [6.07, 6.45) is 20.3. The van der Waals surface area contributed by atoms with Crippen molar-refractivity contribution in [3.05, 3.63) is 24.3 Å². The summed E-state index contributed by atoms with van der Waals surface area (Å²) in [5.41, 5.74) is 0. The van der Waals surface area contributed by atoms with Gasteiger partial charge >= 0.3 is 5.97 Å². The smallest absolute Gasteiger partial charge is 0.303 e. The van der Waals surface area contributed by atoms with Crippen molar-refractivity contribution in [3.63, 3.8) is 0 Å². The summed E-state index contributed by atoms with van der Waals surface area (Å²) in [7, 11) is 1.76. The van der Waals surface area contributed by atoms with Gasteiger partial charge in [0.15, 0.2) is 0 Å². The number of methoxy groups -OCH3 is 1. The summed E-state index contributed by atoms with van der Waals surface area (Å²) in [6, 6.07) is 0. The molecule has 0 heterocycles. The fraction of sp³-hybridized carbons (Fsp3) is 0.737. The van der Waals surface area contributed by atoms with Crippen molar-refractivity contribution >= 4 is 5.97 Å². The Labute approximate surface area is 136 Å². The third kappa shape index (κ3) is 15.3. The van der Waals surface area contributed by atoms with Gasteiger partial charge in [-0.3, -0.25) is 4.79 Å². The van der Waals surface area contributed by atoms with Crippen molar-refractivity contribution in [2.45, 2.75) is 83.7 Å². The van der Waals surface area contributed by atoms with Gasteiger partial charge in [0.05, 0.1) is 6.10 Å². The van der Waals surface area contributed by atoms with Crippen LogP contribution in [0.15, 0.2) is 24.3 Å². The lowest BCUT2D eigenvalue weighted by atomic mass is 10.1. The Bertz CT molecular complexity index is 308. The van der Waals surface area contributed by atoms with Crippen LogP contribution in [-0.4, -0.2) is 24.3 Å². The van der Waals surface area contributed by atoms with E-state index in [9.17, 15) is 4.79 Å². The number of carboxylic acid groups (broad SMARTS) is 1. The van der Waals surface area contributed by atoms with Crippen molar-refractivity contribution < 1.29 is 14.6 Å². The van der Waals surface area contributed by atoms with Crippen molar-refractivity contribution in [2.75, 3.05) is 7.11 Å². The van der Waals surface area contributed by atoms with Crippen LogP contribution >= 0.6 is 0 Å². The first-order chi connectivity index (χ1) is 10.7. The second-order valence-corrected chi connectivity index (χ2v) is 5.78. The zero-order valence-electron chi connectivity index (χ0n) is 14.4. The van der Waals surface area contributed by atoms with Crippen LogP contribution in [0.4, 0.5) is 0 Å². The third-order valence-corrected chi connectivity index (χ3v) is 3.73. The molecule has 0 radical (unpaired) electrons. The fourth-order valence-electron chi connectivity index (χ4n) is 2.32. The summed E-state index contributed by atoms with van der Waals surface area (Å²) in [5, 5.41) is 8.55. The first-order valence-electron chi connectivity index (χ1n) is 8.78. The highest BCUT2D eigenvalue weighted by Gasteiger charge is 2.02. The molecule has 0 bridgehead atoms. The lowest BCUT2D eigenvalue weighted by Crippen LogP contribution is -2.06. The molecule has 0 aliphatic rings. The summed E-state index contributed by atoms with van der Waals surface area (Å²) in [6.45, 7) is 2.22. The number of carboxylic acids is 1. The minimum absolute atomic E-state index is 0.194. The number of rotatable bonds is 15. The van der Waals surface area contributed by atoms with Crippen molar-refractivity contribution in [2.24, 2.45) is 0 Å². The summed E-state index contributed by atoms with van der Waals surface area (Å²) < 4.78 is 5.46. The molecule has 0 saturated carbocycles. The predicted molar refractivity (Wildman–Crippen MR) is 93.2 cm³/mol. The standard InChI is InChI=1S/C19H34O3/c1-3-4-5-6-7-9-12-15-18(22-2)16-13-10-8-11-14-17-19(20)21/h7,9,12,15,18H,3-6,8,10-11,13-14,16-17H2,1-2H3,(H,20,21)/b9-7-,15-12+/t18-/m0/s1. The van der Waals surface area contributed by atoms with Crippen LogP contribution < -0.4 is 0 Å². The number of ether oxygens (including phenoxy) is 1. The highest BCUT2D eigenvalue weighted by Crippen LogP contribution is 2.11. The molecule has 0 amide bonds. The first kappa shape index (κ1) is 20.9. The molecule has 0 aliphatic carbocycles. The zero-order chi connectivity index (χ0) is 16.5. The van der Waals surface area contributed by atoms with Gasteiger partial charge < -0.3 is 9.84 Å². The summed E-state index contributed by atoms with van der Waals surface area (Å²) >= 11 is 0. The van der Waals surface area contributed by atoms with Gasteiger partial charge in [0.25, 0.3) is 0 Å². The van der Waals surface area contributed by atoms with Crippen molar-refractivity contribution in [1.29, 1.82) is 0 Å². The van der Waals surface area contributed by atoms with Crippen LogP contribution in [0.2, 0.25) is 0 Å². The van der Waals surface area contributed by atoms with Gasteiger partial charge in [0.1, 0.15) is 0 Å². The van der Waals surface area contributed by atoms with Gasteiger partial charge in [0, 0.05) is 13.5 Å².